The Morgan fingerprint density at radius 1 is 1.32 bits per heavy atom. The molecule has 22 heavy (non-hydrogen) atoms. The third-order valence-corrected chi connectivity index (χ3v) is 4.24. The first kappa shape index (κ1) is 17.5. The smallest absolute Gasteiger partial charge is 0.221 e. The van der Waals surface area contributed by atoms with E-state index in [1.54, 1.807) is 12.1 Å². The van der Waals surface area contributed by atoms with Crippen molar-refractivity contribution in [2.75, 3.05) is 26.2 Å². The Kier molecular flexibility index (Phi) is 7.46. The van der Waals surface area contributed by atoms with Crippen LogP contribution in [0.1, 0.15) is 24.8 Å². The molecular formula is C16H22Cl2N2O2. The van der Waals surface area contributed by atoms with Crippen LogP contribution in [0.2, 0.25) is 10.0 Å². The van der Waals surface area contributed by atoms with Crippen molar-refractivity contribution >= 4 is 29.1 Å². The van der Waals surface area contributed by atoms with Gasteiger partial charge in [0.1, 0.15) is 0 Å². The molecular weight excluding hydrogens is 323 g/mol. The van der Waals surface area contributed by atoms with E-state index in [1.807, 2.05) is 6.07 Å². The fourth-order valence-corrected chi connectivity index (χ4v) is 2.92. The SMILES string of the molecule is O=C(CCNCC1CCCO1)NCCc1ccc(Cl)cc1Cl. The lowest BCUT2D eigenvalue weighted by Crippen LogP contribution is -2.32. The van der Waals surface area contributed by atoms with Gasteiger partial charge in [-0.2, -0.15) is 0 Å². The fraction of sp³-hybridized carbons (Fsp3) is 0.562. The lowest BCUT2D eigenvalue weighted by Gasteiger charge is -2.11. The van der Waals surface area contributed by atoms with Gasteiger partial charge in [0.05, 0.1) is 6.10 Å². The molecule has 1 unspecified atom stereocenters. The van der Waals surface area contributed by atoms with Crippen LogP contribution in [0.5, 0.6) is 0 Å². The van der Waals surface area contributed by atoms with Gasteiger partial charge in [0.2, 0.25) is 5.91 Å². The van der Waals surface area contributed by atoms with E-state index in [4.69, 9.17) is 27.9 Å². The second kappa shape index (κ2) is 9.36. The molecule has 122 valence electrons. The lowest BCUT2D eigenvalue weighted by molar-refractivity contribution is -0.120. The van der Waals surface area contributed by atoms with Crippen LogP contribution in [0.3, 0.4) is 0 Å². The van der Waals surface area contributed by atoms with Crippen molar-refractivity contribution in [3.63, 3.8) is 0 Å². The summed E-state index contributed by atoms with van der Waals surface area (Å²) in [6.07, 6.45) is 3.74. The van der Waals surface area contributed by atoms with Gasteiger partial charge in [-0.15, -0.1) is 0 Å². The fourth-order valence-electron chi connectivity index (χ4n) is 2.42. The zero-order chi connectivity index (χ0) is 15.8. The number of carbonyl (C=O) groups is 1. The minimum Gasteiger partial charge on any atom is -0.377 e. The van der Waals surface area contributed by atoms with Gasteiger partial charge >= 0.3 is 0 Å². The molecule has 1 aromatic carbocycles. The monoisotopic (exact) mass is 344 g/mol. The average Bonchev–Trinajstić information content (AvgIpc) is 2.99. The molecule has 1 aromatic rings. The highest BCUT2D eigenvalue weighted by Crippen LogP contribution is 2.21. The molecule has 1 atom stereocenters. The topological polar surface area (TPSA) is 50.4 Å². The van der Waals surface area contributed by atoms with E-state index in [0.717, 1.165) is 31.6 Å². The van der Waals surface area contributed by atoms with E-state index in [0.29, 0.717) is 42.1 Å². The molecule has 0 spiro atoms. The molecule has 1 heterocycles. The molecule has 0 bridgehead atoms. The van der Waals surface area contributed by atoms with Crippen LogP contribution in [-0.2, 0) is 16.0 Å². The summed E-state index contributed by atoms with van der Waals surface area (Å²) >= 11 is 11.9. The Morgan fingerprint density at radius 3 is 2.91 bits per heavy atom. The van der Waals surface area contributed by atoms with Crippen molar-refractivity contribution in [2.24, 2.45) is 0 Å². The van der Waals surface area contributed by atoms with Crippen molar-refractivity contribution in [3.05, 3.63) is 33.8 Å². The molecule has 1 saturated heterocycles. The molecule has 0 radical (unpaired) electrons. The Bertz CT molecular complexity index is 491. The molecule has 1 aliphatic heterocycles. The second-order valence-corrected chi connectivity index (χ2v) is 6.27. The van der Waals surface area contributed by atoms with Gasteiger partial charge in [0.25, 0.3) is 0 Å². The van der Waals surface area contributed by atoms with Crippen LogP contribution in [0.25, 0.3) is 0 Å². The Morgan fingerprint density at radius 2 is 2.18 bits per heavy atom. The summed E-state index contributed by atoms with van der Waals surface area (Å²) in [5.74, 6) is 0.0462. The molecule has 0 aromatic heterocycles. The number of halogens is 2. The zero-order valence-electron chi connectivity index (χ0n) is 12.5. The predicted octanol–water partition coefficient (Wildman–Crippen LogP) is 2.81. The molecule has 4 nitrogen and oxygen atoms in total. The summed E-state index contributed by atoms with van der Waals surface area (Å²) in [5, 5.41) is 7.42. The Labute approximate surface area is 141 Å². The first-order valence-electron chi connectivity index (χ1n) is 7.68. The molecule has 2 N–H and O–H groups in total. The van der Waals surface area contributed by atoms with Crippen LogP contribution >= 0.6 is 23.2 Å². The zero-order valence-corrected chi connectivity index (χ0v) is 14.1. The van der Waals surface area contributed by atoms with E-state index in [9.17, 15) is 4.79 Å². The highest BCUT2D eigenvalue weighted by atomic mass is 35.5. The van der Waals surface area contributed by atoms with Crippen molar-refractivity contribution in [1.29, 1.82) is 0 Å². The van der Waals surface area contributed by atoms with Gasteiger partial charge in [0.15, 0.2) is 0 Å². The van der Waals surface area contributed by atoms with Crippen molar-refractivity contribution in [1.82, 2.24) is 10.6 Å². The number of carbonyl (C=O) groups excluding carboxylic acids is 1. The molecule has 0 saturated carbocycles. The normalized spacial score (nSPS) is 17.6. The van der Waals surface area contributed by atoms with Gasteiger partial charge in [-0.25, -0.2) is 0 Å². The third-order valence-electron chi connectivity index (χ3n) is 3.66. The maximum Gasteiger partial charge on any atom is 0.221 e. The molecule has 1 fully saturated rings. The largest absolute Gasteiger partial charge is 0.377 e. The quantitative estimate of drug-likeness (QED) is 0.713. The summed E-state index contributed by atoms with van der Waals surface area (Å²) in [6.45, 7) is 2.94. The van der Waals surface area contributed by atoms with Gasteiger partial charge in [-0.3, -0.25) is 4.79 Å². The van der Waals surface area contributed by atoms with E-state index >= 15 is 0 Å². The summed E-state index contributed by atoms with van der Waals surface area (Å²) in [6, 6.07) is 5.41. The molecule has 0 aliphatic carbocycles. The number of hydrogen-bond acceptors (Lipinski definition) is 3. The lowest BCUT2D eigenvalue weighted by atomic mass is 10.1. The number of nitrogens with one attached hydrogen (secondary N) is 2. The number of rotatable bonds is 8. The van der Waals surface area contributed by atoms with Gasteiger partial charge in [0, 0.05) is 42.7 Å². The van der Waals surface area contributed by atoms with Crippen LogP contribution in [0, 0.1) is 0 Å². The summed E-state index contributed by atoms with van der Waals surface area (Å²) < 4.78 is 5.51. The minimum absolute atomic E-state index is 0.0462. The summed E-state index contributed by atoms with van der Waals surface area (Å²) in [7, 11) is 0. The van der Waals surface area contributed by atoms with Gasteiger partial charge in [-0.1, -0.05) is 29.3 Å². The maximum atomic E-state index is 11.7. The first-order valence-corrected chi connectivity index (χ1v) is 8.43. The van der Waals surface area contributed by atoms with Gasteiger partial charge in [-0.05, 0) is 37.0 Å². The first-order chi connectivity index (χ1) is 10.6. The summed E-state index contributed by atoms with van der Waals surface area (Å²) in [4.78, 5) is 11.7. The van der Waals surface area contributed by atoms with Gasteiger partial charge < -0.3 is 15.4 Å². The van der Waals surface area contributed by atoms with E-state index < -0.39 is 0 Å². The molecule has 1 amide bonds. The molecule has 1 aliphatic rings. The number of ether oxygens (including phenoxy) is 1. The van der Waals surface area contributed by atoms with E-state index in [2.05, 4.69) is 10.6 Å². The van der Waals surface area contributed by atoms with Crippen LogP contribution in [0.4, 0.5) is 0 Å². The highest BCUT2D eigenvalue weighted by molar-refractivity contribution is 6.35. The second-order valence-electron chi connectivity index (χ2n) is 5.42. The highest BCUT2D eigenvalue weighted by Gasteiger charge is 2.14. The summed E-state index contributed by atoms with van der Waals surface area (Å²) in [5.41, 5.74) is 0.989. The van der Waals surface area contributed by atoms with Crippen molar-refractivity contribution in [2.45, 2.75) is 31.8 Å². The Balaban J connectivity index is 1.55. The Hall–Kier alpha value is -0.810. The maximum absolute atomic E-state index is 11.7. The number of hydrogen-bond donors (Lipinski definition) is 2. The third kappa shape index (κ3) is 6.13. The van der Waals surface area contributed by atoms with Crippen LogP contribution in [0.15, 0.2) is 18.2 Å². The number of amides is 1. The molecule has 2 rings (SSSR count). The minimum atomic E-state index is 0.0462. The van der Waals surface area contributed by atoms with E-state index in [1.165, 1.54) is 0 Å². The van der Waals surface area contributed by atoms with Crippen molar-refractivity contribution < 1.29 is 9.53 Å². The standard InChI is InChI=1S/C16H22Cl2N2O2/c17-13-4-3-12(15(18)10-13)5-8-20-16(21)6-7-19-11-14-2-1-9-22-14/h3-4,10,14,19H,1-2,5-9,11H2,(H,20,21). The average molecular weight is 345 g/mol. The molecule has 6 heteroatoms. The van der Waals surface area contributed by atoms with Crippen LogP contribution in [-0.4, -0.2) is 38.3 Å². The predicted molar refractivity (Wildman–Crippen MR) is 89.6 cm³/mol. The number of benzene rings is 1. The van der Waals surface area contributed by atoms with Crippen molar-refractivity contribution in [3.8, 4) is 0 Å². The van der Waals surface area contributed by atoms with E-state index in [-0.39, 0.29) is 5.91 Å². The van der Waals surface area contributed by atoms with Crippen LogP contribution < -0.4 is 10.6 Å².